The van der Waals surface area contributed by atoms with Crippen LogP contribution >= 0.6 is 0 Å². The molecule has 182 valence electrons. The van der Waals surface area contributed by atoms with E-state index in [0.29, 0.717) is 0 Å². The van der Waals surface area contributed by atoms with Crippen molar-refractivity contribution in [2.75, 3.05) is 0 Å². The van der Waals surface area contributed by atoms with Gasteiger partial charge in [-0.05, 0) is 0 Å². The number of rotatable bonds is 5. The van der Waals surface area contributed by atoms with E-state index in [1.54, 1.807) is 0 Å². The summed E-state index contributed by atoms with van der Waals surface area (Å²) in [4.78, 5) is 26.5. The summed E-state index contributed by atoms with van der Waals surface area (Å²) >= 11 is -4.24. The van der Waals surface area contributed by atoms with Crippen molar-refractivity contribution in [1.29, 1.82) is 0 Å². The van der Waals surface area contributed by atoms with Crippen molar-refractivity contribution in [3.63, 3.8) is 0 Å². The Morgan fingerprint density at radius 2 is 1.06 bits per heavy atom. The SMILES string of the molecule is [CH3][Ti]([O]C(=O)c1ccc(F)cc1)([O]C(=O)c1ccc(F)cc1)[CH]1C2=C(CCCC2)C2=C1CCCC2. The second-order valence-corrected chi connectivity index (χ2v) is 14.4. The van der Waals surface area contributed by atoms with E-state index in [9.17, 15) is 18.4 Å². The number of carbonyl (C=O) groups is 2. The summed E-state index contributed by atoms with van der Waals surface area (Å²) in [5.74, 6) is -2.11. The number of benzene rings is 2. The third-order valence-corrected chi connectivity index (χ3v) is 11.9. The minimum atomic E-state index is -4.24. The molecule has 0 spiro atoms. The quantitative estimate of drug-likeness (QED) is 0.387. The number of hydrogen-bond acceptors (Lipinski definition) is 4. The first-order valence-corrected chi connectivity index (χ1v) is 16.0. The summed E-state index contributed by atoms with van der Waals surface area (Å²) < 4.78 is 39.1. The molecule has 0 saturated carbocycles. The monoisotopic (exact) mass is 514 g/mol. The van der Waals surface area contributed by atoms with Crippen LogP contribution in [-0.4, -0.2) is 11.9 Å². The van der Waals surface area contributed by atoms with Crippen LogP contribution in [0.25, 0.3) is 0 Å². The normalized spacial score (nSPS) is 18.3. The molecule has 0 atom stereocenters. The summed E-state index contributed by atoms with van der Waals surface area (Å²) in [6.07, 6.45) is 8.25. The number of fused-ring (bicyclic) bond motifs is 1. The van der Waals surface area contributed by atoms with E-state index in [0.717, 1.165) is 51.4 Å². The topological polar surface area (TPSA) is 52.6 Å². The molecule has 0 fully saturated rings. The molecule has 35 heavy (non-hydrogen) atoms. The molecule has 0 amide bonds. The van der Waals surface area contributed by atoms with Crippen LogP contribution in [0.2, 0.25) is 9.45 Å². The molecular formula is C28H28F2O4Ti. The van der Waals surface area contributed by atoms with Gasteiger partial charge in [-0.25, -0.2) is 0 Å². The van der Waals surface area contributed by atoms with Crippen molar-refractivity contribution in [2.24, 2.45) is 0 Å². The number of hydrogen-bond donors (Lipinski definition) is 0. The molecule has 2 aromatic rings. The van der Waals surface area contributed by atoms with Crippen molar-refractivity contribution < 1.29 is 42.4 Å². The third kappa shape index (κ3) is 4.79. The van der Waals surface area contributed by atoms with Crippen LogP contribution in [0.1, 0.15) is 72.1 Å². The maximum absolute atomic E-state index is 13.4. The van der Waals surface area contributed by atoms with Gasteiger partial charge in [0.25, 0.3) is 0 Å². The Labute approximate surface area is 208 Å². The van der Waals surface area contributed by atoms with Crippen LogP contribution in [-0.2, 0) is 24.0 Å². The van der Waals surface area contributed by atoms with Gasteiger partial charge in [0, 0.05) is 0 Å². The van der Waals surface area contributed by atoms with E-state index in [-0.39, 0.29) is 15.3 Å². The molecule has 0 bridgehead atoms. The number of halogens is 2. The third-order valence-electron chi connectivity index (χ3n) is 7.36. The van der Waals surface area contributed by atoms with Crippen LogP contribution < -0.4 is 0 Å². The second kappa shape index (κ2) is 9.83. The second-order valence-electron chi connectivity index (χ2n) is 9.66. The van der Waals surface area contributed by atoms with E-state index in [1.807, 2.05) is 5.23 Å². The average molecular weight is 514 g/mol. The van der Waals surface area contributed by atoms with Gasteiger partial charge in [-0.15, -0.1) is 0 Å². The summed E-state index contributed by atoms with van der Waals surface area (Å²) in [5.41, 5.74) is 5.78. The van der Waals surface area contributed by atoms with Gasteiger partial charge in [0.15, 0.2) is 0 Å². The molecule has 2 aromatic carbocycles. The zero-order valence-electron chi connectivity index (χ0n) is 19.7. The molecule has 0 unspecified atom stereocenters. The van der Waals surface area contributed by atoms with E-state index in [4.69, 9.17) is 6.64 Å². The fourth-order valence-electron chi connectivity index (χ4n) is 5.82. The molecule has 0 heterocycles. The van der Waals surface area contributed by atoms with Gasteiger partial charge in [0.2, 0.25) is 0 Å². The summed E-state index contributed by atoms with van der Waals surface area (Å²) in [6.45, 7) is 0. The molecule has 0 aromatic heterocycles. The van der Waals surface area contributed by atoms with Gasteiger partial charge in [-0.3, -0.25) is 0 Å². The Hall–Kier alpha value is -2.57. The molecule has 3 aliphatic carbocycles. The van der Waals surface area contributed by atoms with Crippen molar-refractivity contribution in [2.45, 2.75) is 60.8 Å². The molecule has 0 aliphatic heterocycles. The molecule has 3 aliphatic rings. The van der Waals surface area contributed by atoms with Crippen molar-refractivity contribution >= 4 is 11.9 Å². The fraction of sp³-hybridized carbons (Fsp3) is 0.357. The Bertz CT molecular complexity index is 1120. The predicted molar refractivity (Wildman–Crippen MR) is 124 cm³/mol. The minimum absolute atomic E-state index is 0.172. The van der Waals surface area contributed by atoms with Gasteiger partial charge in [-0.1, -0.05) is 0 Å². The van der Waals surface area contributed by atoms with E-state index >= 15 is 0 Å². The Kier molecular flexibility index (Phi) is 6.78. The first-order chi connectivity index (χ1) is 16.9. The fourth-order valence-corrected chi connectivity index (χ4v) is 10.7. The van der Waals surface area contributed by atoms with Crippen LogP contribution in [0, 0.1) is 11.6 Å². The Morgan fingerprint density at radius 3 is 1.46 bits per heavy atom. The molecule has 0 saturated heterocycles. The molecule has 5 rings (SSSR count). The van der Waals surface area contributed by atoms with Crippen molar-refractivity contribution in [3.8, 4) is 0 Å². The van der Waals surface area contributed by atoms with Gasteiger partial charge in [0.1, 0.15) is 0 Å². The number of carbonyl (C=O) groups excluding carboxylic acids is 2. The molecule has 0 radical (unpaired) electrons. The zero-order valence-corrected chi connectivity index (χ0v) is 21.3. The van der Waals surface area contributed by atoms with Crippen molar-refractivity contribution in [3.05, 3.63) is 93.6 Å². The average Bonchev–Trinajstić information content (AvgIpc) is 3.20. The molecule has 0 N–H and O–H groups in total. The van der Waals surface area contributed by atoms with Crippen LogP contribution in [0.5, 0.6) is 0 Å². The summed E-state index contributed by atoms with van der Waals surface area (Å²) in [5, 5.41) is 1.83. The molecule has 7 heteroatoms. The van der Waals surface area contributed by atoms with E-state index in [2.05, 4.69) is 0 Å². The summed E-state index contributed by atoms with van der Waals surface area (Å²) in [7, 11) is 0. The van der Waals surface area contributed by atoms with Crippen LogP contribution in [0.3, 0.4) is 0 Å². The summed E-state index contributed by atoms with van der Waals surface area (Å²) in [6, 6.07) is 10.4. The first kappa shape index (κ1) is 24.1. The molecule has 4 nitrogen and oxygen atoms in total. The standard InChI is InChI=1S/C13H17.2C7H5FO2.CH3.Ti/c1-3-7-12-10(5-1)9-11-6-2-4-8-13(11)12;2*8-6-3-1-5(2-4-6)7(9)10;;/h9H,1-8H2;2*1-4H,(H,9,10);1H3;/q;;;;+2/p-2. The number of allylic oxidation sites excluding steroid dienone is 4. The van der Waals surface area contributed by atoms with Gasteiger partial charge < -0.3 is 0 Å². The van der Waals surface area contributed by atoms with E-state index < -0.39 is 40.9 Å². The van der Waals surface area contributed by atoms with Gasteiger partial charge in [0.05, 0.1) is 0 Å². The van der Waals surface area contributed by atoms with E-state index in [1.165, 1.54) is 70.8 Å². The van der Waals surface area contributed by atoms with Crippen LogP contribution in [0.15, 0.2) is 70.8 Å². The predicted octanol–water partition coefficient (Wildman–Crippen LogP) is 7.55. The first-order valence-electron chi connectivity index (χ1n) is 12.3. The van der Waals surface area contributed by atoms with Crippen LogP contribution in [0.4, 0.5) is 8.78 Å². The Balaban J connectivity index is 1.54. The molecular weight excluding hydrogens is 486 g/mol. The Morgan fingerprint density at radius 1 is 0.686 bits per heavy atom. The van der Waals surface area contributed by atoms with Gasteiger partial charge >= 0.3 is 209 Å². The van der Waals surface area contributed by atoms with Gasteiger partial charge in [-0.2, -0.15) is 0 Å². The van der Waals surface area contributed by atoms with Crippen molar-refractivity contribution in [1.82, 2.24) is 0 Å². The zero-order chi connectivity index (χ0) is 24.6. The maximum atomic E-state index is 13.4.